The molecular formula is C19H25NO3. The summed E-state index contributed by atoms with van der Waals surface area (Å²) in [6, 6.07) is 10.4. The van der Waals surface area contributed by atoms with E-state index >= 15 is 0 Å². The summed E-state index contributed by atoms with van der Waals surface area (Å²) in [7, 11) is 1.70. The molecule has 124 valence electrons. The van der Waals surface area contributed by atoms with Crippen molar-refractivity contribution in [2.75, 3.05) is 13.7 Å². The Morgan fingerprint density at radius 3 is 2.83 bits per heavy atom. The maximum atomic E-state index is 10.6. The zero-order chi connectivity index (χ0) is 16.4. The number of nitrogens with one attached hydrogen (secondary N) is 1. The van der Waals surface area contributed by atoms with E-state index in [1.807, 2.05) is 25.1 Å². The van der Waals surface area contributed by atoms with Gasteiger partial charge in [-0.2, -0.15) is 0 Å². The van der Waals surface area contributed by atoms with Gasteiger partial charge in [-0.15, -0.1) is 0 Å². The van der Waals surface area contributed by atoms with E-state index in [2.05, 4.69) is 17.4 Å². The van der Waals surface area contributed by atoms with Crippen molar-refractivity contribution in [3.05, 3.63) is 53.0 Å². The molecule has 0 bridgehead atoms. The summed E-state index contributed by atoms with van der Waals surface area (Å²) in [5.41, 5.74) is 1.74. The Morgan fingerprint density at radius 2 is 2.13 bits per heavy atom. The lowest BCUT2D eigenvalue weighted by atomic mass is 9.87. The molecule has 3 rings (SSSR count). The molecule has 1 aliphatic rings. The van der Waals surface area contributed by atoms with Crippen LogP contribution in [-0.2, 0) is 18.4 Å². The van der Waals surface area contributed by atoms with Crippen LogP contribution >= 0.6 is 0 Å². The number of ether oxygens (including phenoxy) is 1. The number of hydrogen-bond acceptors (Lipinski definition) is 4. The molecule has 4 nitrogen and oxygen atoms in total. The molecule has 0 fully saturated rings. The fraction of sp³-hybridized carbons (Fsp3) is 0.474. The normalized spacial score (nSPS) is 19.9. The van der Waals surface area contributed by atoms with E-state index in [-0.39, 0.29) is 0 Å². The molecule has 1 aliphatic carbocycles. The van der Waals surface area contributed by atoms with Crippen LogP contribution in [0.2, 0.25) is 0 Å². The van der Waals surface area contributed by atoms with Gasteiger partial charge in [0.2, 0.25) is 0 Å². The molecular weight excluding hydrogens is 290 g/mol. The topological polar surface area (TPSA) is 54.6 Å². The summed E-state index contributed by atoms with van der Waals surface area (Å²) >= 11 is 0. The van der Waals surface area contributed by atoms with Gasteiger partial charge in [0.15, 0.2) is 0 Å². The Bertz CT molecular complexity index is 675. The average molecular weight is 315 g/mol. The van der Waals surface area contributed by atoms with Gasteiger partial charge >= 0.3 is 0 Å². The summed E-state index contributed by atoms with van der Waals surface area (Å²) in [6.07, 6.45) is 3.09. The Labute approximate surface area is 137 Å². The molecule has 0 spiro atoms. The molecule has 23 heavy (non-hydrogen) atoms. The van der Waals surface area contributed by atoms with Crippen molar-refractivity contribution in [2.24, 2.45) is 0 Å². The third kappa shape index (κ3) is 3.59. The summed E-state index contributed by atoms with van der Waals surface area (Å²) in [5.74, 6) is 2.33. The van der Waals surface area contributed by atoms with Crippen LogP contribution in [0.25, 0.3) is 0 Å². The van der Waals surface area contributed by atoms with Crippen LogP contribution in [0.15, 0.2) is 34.7 Å². The molecule has 2 N–H and O–H groups in total. The van der Waals surface area contributed by atoms with Crippen LogP contribution in [-0.4, -0.2) is 24.8 Å². The van der Waals surface area contributed by atoms with Crippen LogP contribution in [0.3, 0.4) is 0 Å². The first-order valence-electron chi connectivity index (χ1n) is 8.16. The van der Waals surface area contributed by atoms with E-state index < -0.39 is 5.60 Å². The van der Waals surface area contributed by atoms with E-state index in [0.29, 0.717) is 18.3 Å². The van der Waals surface area contributed by atoms with Crippen molar-refractivity contribution in [1.82, 2.24) is 5.32 Å². The lowest BCUT2D eigenvalue weighted by Gasteiger charge is -2.29. The second-order valence-corrected chi connectivity index (χ2v) is 6.64. The monoisotopic (exact) mass is 315 g/mol. The Morgan fingerprint density at radius 1 is 1.30 bits per heavy atom. The number of aliphatic hydroxyl groups is 1. The summed E-state index contributed by atoms with van der Waals surface area (Å²) in [5, 5.41) is 14.1. The maximum absolute atomic E-state index is 10.6. The first-order chi connectivity index (χ1) is 11.0. The largest absolute Gasteiger partial charge is 0.497 e. The number of hydrogen-bond donors (Lipinski definition) is 2. The first kappa shape index (κ1) is 16.1. The second kappa shape index (κ2) is 6.38. The van der Waals surface area contributed by atoms with Crippen LogP contribution in [0.5, 0.6) is 5.75 Å². The summed E-state index contributed by atoms with van der Waals surface area (Å²) < 4.78 is 10.9. The molecule has 1 heterocycles. The van der Waals surface area contributed by atoms with Gasteiger partial charge in [-0.25, -0.2) is 0 Å². The van der Waals surface area contributed by atoms with Gasteiger partial charge in [-0.3, -0.25) is 0 Å². The standard InChI is InChI=1S/C19H25NO3/c1-13-4-9-18(23-13)19(2,21)12-20-16-7-5-14-6-8-17(22-3)11-15(14)10-16/h4,6,8-9,11,16,20-21H,5,7,10,12H2,1-3H3. The van der Waals surface area contributed by atoms with Crippen molar-refractivity contribution in [3.63, 3.8) is 0 Å². The molecule has 0 aliphatic heterocycles. The van der Waals surface area contributed by atoms with Gasteiger partial charge in [0.25, 0.3) is 0 Å². The van der Waals surface area contributed by atoms with Crippen LogP contribution in [0.4, 0.5) is 0 Å². The fourth-order valence-electron chi connectivity index (χ4n) is 3.19. The fourth-order valence-corrected chi connectivity index (χ4v) is 3.19. The van der Waals surface area contributed by atoms with Crippen LogP contribution in [0.1, 0.15) is 36.0 Å². The lowest BCUT2D eigenvalue weighted by molar-refractivity contribution is 0.0303. The predicted octanol–water partition coefficient (Wildman–Crippen LogP) is 2.95. The van der Waals surface area contributed by atoms with Crippen LogP contribution < -0.4 is 10.1 Å². The minimum atomic E-state index is -0.997. The summed E-state index contributed by atoms with van der Waals surface area (Å²) in [6.45, 7) is 4.15. The third-order valence-corrected chi connectivity index (χ3v) is 4.65. The van der Waals surface area contributed by atoms with Gasteiger partial charge in [-0.1, -0.05) is 6.07 Å². The molecule has 0 amide bonds. The Kier molecular flexibility index (Phi) is 4.46. The van der Waals surface area contributed by atoms with Gasteiger partial charge in [-0.05, 0) is 68.5 Å². The van der Waals surface area contributed by atoms with Crippen molar-refractivity contribution >= 4 is 0 Å². The van der Waals surface area contributed by atoms with Crippen molar-refractivity contribution in [3.8, 4) is 5.75 Å². The van der Waals surface area contributed by atoms with E-state index in [0.717, 1.165) is 30.8 Å². The third-order valence-electron chi connectivity index (χ3n) is 4.65. The molecule has 1 aromatic carbocycles. The van der Waals surface area contributed by atoms with E-state index in [9.17, 15) is 5.11 Å². The molecule has 2 unspecified atom stereocenters. The predicted molar refractivity (Wildman–Crippen MR) is 89.8 cm³/mol. The number of benzene rings is 1. The molecule has 1 aromatic heterocycles. The molecule has 0 saturated carbocycles. The summed E-state index contributed by atoms with van der Waals surface area (Å²) in [4.78, 5) is 0. The number of aryl methyl sites for hydroxylation is 2. The molecule has 0 radical (unpaired) electrons. The number of methoxy groups -OCH3 is 1. The average Bonchev–Trinajstić information content (AvgIpc) is 2.99. The minimum absolute atomic E-state index is 0.358. The lowest BCUT2D eigenvalue weighted by Crippen LogP contribution is -2.43. The van der Waals surface area contributed by atoms with Gasteiger partial charge in [0, 0.05) is 12.6 Å². The Balaban J connectivity index is 1.63. The number of rotatable bonds is 5. The zero-order valence-electron chi connectivity index (χ0n) is 14.1. The van der Waals surface area contributed by atoms with Gasteiger partial charge < -0.3 is 19.6 Å². The molecule has 0 saturated heterocycles. The minimum Gasteiger partial charge on any atom is -0.497 e. The number of fused-ring (bicyclic) bond motifs is 1. The zero-order valence-corrected chi connectivity index (χ0v) is 14.1. The smallest absolute Gasteiger partial charge is 0.136 e. The highest BCUT2D eigenvalue weighted by molar-refractivity contribution is 5.37. The molecule has 2 atom stereocenters. The highest BCUT2D eigenvalue weighted by Gasteiger charge is 2.28. The van der Waals surface area contributed by atoms with Crippen molar-refractivity contribution in [2.45, 2.75) is 44.8 Å². The highest BCUT2D eigenvalue weighted by atomic mass is 16.5. The van der Waals surface area contributed by atoms with Crippen molar-refractivity contribution < 1.29 is 14.3 Å². The van der Waals surface area contributed by atoms with Gasteiger partial charge in [0.1, 0.15) is 22.9 Å². The van der Waals surface area contributed by atoms with E-state index in [4.69, 9.17) is 9.15 Å². The maximum Gasteiger partial charge on any atom is 0.136 e. The van der Waals surface area contributed by atoms with E-state index in [1.165, 1.54) is 11.1 Å². The van der Waals surface area contributed by atoms with Crippen LogP contribution in [0, 0.1) is 6.92 Å². The molecule has 2 aromatic rings. The number of furan rings is 1. The first-order valence-corrected chi connectivity index (χ1v) is 8.16. The van der Waals surface area contributed by atoms with Gasteiger partial charge in [0.05, 0.1) is 7.11 Å². The highest BCUT2D eigenvalue weighted by Crippen LogP contribution is 2.27. The van der Waals surface area contributed by atoms with E-state index in [1.54, 1.807) is 14.0 Å². The Hall–Kier alpha value is -1.78. The SMILES string of the molecule is COc1ccc2c(c1)CC(NCC(C)(O)c1ccc(C)o1)CC2. The second-order valence-electron chi connectivity index (χ2n) is 6.64. The molecule has 4 heteroatoms. The van der Waals surface area contributed by atoms with Crippen molar-refractivity contribution in [1.29, 1.82) is 0 Å². The quantitative estimate of drug-likeness (QED) is 0.891.